The van der Waals surface area contributed by atoms with Crippen molar-refractivity contribution in [2.75, 3.05) is 43.1 Å². The van der Waals surface area contributed by atoms with Gasteiger partial charge in [-0.05, 0) is 53.7 Å². The predicted octanol–water partition coefficient (Wildman–Crippen LogP) is 6.51. The molecule has 2 aliphatic rings. The summed E-state index contributed by atoms with van der Waals surface area (Å²) in [5.74, 6) is -0.949. The van der Waals surface area contributed by atoms with Crippen LogP contribution in [0.15, 0.2) is 77.8 Å². The summed E-state index contributed by atoms with van der Waals surface area (Å²) >= 11 is 13.3. The first-order valence-corrected chi connectivity index (χ1v) is 14.9. The Labute approximate surface area is 256 Å². The molecule has 3 heterocycles. The van der Waals surface area contributed by atoms with Gasteiger partial charge in [0.25, 0.3) is 11.1 Å². The Balaban J connectivity index is 1.20. The predicted molar refractivity (Wildman–Crippen MR) is 168 cm³/mol. The van der Waals surface area contributed by atoms with E-state index < -0.39 is 17.1 Å². The van der Waals surface area contributed by atoms with Crippen molar-refractivity contribution in [2.24, 2.45) is 0 Å². The molecular formula is C31H26Cl2N4O4S. The first-order chi connectivity index (χ1) is 20.4. The molecule has 2 fully saturated rings. The molecule has 2 aliphatic heterocycles. The zero-order chi connectivity index (χ0) is 29.2. The molecule has 3 amide bonds. The lowest BCUT2D eigenvalue weighted by Gasteiger charge is -2.30. The molecule has 0 saturated carbocycles. The zero-order valence-electron chi connectivity index (χ0n) is 22.4. The largest absolute Gasteiger partial charge is 0.378 e. The van der Waals surface area contributed by atoms with Gasteiger partial charge in [-0.2, -0.15) is 0 Å². The number of halogens is 2. The highest BCUT2D eigenvalue weighted by atomic mass is 35.5. The number of fused-ring (bicyclic) bond motifs is 1. The zero-order valence-corrected chi connectivity index (χ0v) is 24.7. The van der Waals surface area contributed by atoms with Crippen molar-refractivity contribution in [1.29, 1.82) is 0 Å². The van der Waals surface area contributed by atoms with E-state index in [0.29, 0.717) is 48.6 Å². The highest BCUT2D eigenvalue weighted by Crippen LogP contribution is 2.35. The monoisotopic (exact) mass is 620 g/mol. The third-order valence-electron chi connectivity index (χ3n) is 7.17. The van der Waals surface area contributed by atoms with Crippen LogP contribution in [0.25, 0.3) is 17.0 Å². The van der Waals surface area contributed by atoms with Crippen LogP contribution in [-0.2, 0) is 20.9 Å². The van der Waals surface area contributed by atoms with Crippen molar-refractivity contribution in [2.45, 2.75) is 6.54 Å². The van der Waals surface area contributed by atoms with Crippen molar-refractivity contribution in [3.63, 3.8) is 0 Å². The van der Waals surface area contributed by atoms with Crippen LogP contribution in [0.3, 0.4) is 0 Å². The highest BCUT2D eigenvalue weighted by Gasteiger charge is 2.36. The second kappa shape index (κ2) is 12.2. The van der Waals surface area contributed by atoms with E-state index in [1.165, 1.54) is 0 Å². The number of para-hydroxylation sites is 3. The smallest absolute Gasteiger partial charge is 0.294 e. The van der Waals surface area contributed by atoms with Gasteiger partial charge in [-0.25, -0.2) is 0 Å². The average molecular weight is 622 g/mol. The quantitative estimate of drug-likeness (QED) is 0.237. The fourth-order valence-electron chi connectivity index (χ4n) is 5.12. The number of anilines is 2. The van der Waals surface area contributed by atoms with Crippen molar-refractivity contribution < 1.29 is 19.1 Å². The van der Waals surface area contributed by atoms with Crippen LogP contribution in [0.2, 0.25) is 10.0 Å². The molecule has 6 rings (SSSR count). The Morgan fingerprint density at radius 2 is 1.76 bits per heavy atom. The molecule has 1 N–H and O–H groups in total. The maximum Gasteiger partial charge on any atom is 0.294 e. The number of benzene rings is 3. The van der Waals surface area contributed by atoms with E-state index in [1.807, 2.05) is 65.4 Å². The third kappa shape index (κ3) is 5.91. The number of nitrogens with one attached hydrogen (secondary N) is 1. The van der Waals surface area contributed by atoms with Crippen LogP contribution in [0.5, 0.6) is 0 Å². The van der Waals surface area contributed by atoms with E-state index >= 15 is 0 Å². The number of imide groups is 1. The second-order valence-corrected chi connectivity index (χ2v) is 11.7. The molecule has 0 unspecified atom stereocenters. The molecule has 42 heavy (non-hydrogen) atoms. The number of rotatable bonds is 7. The maximum atomic E-state index is 13.3. The molecule has 0 spiro atoms. The van der Waals surface area contributed by atoms with Gasteiger partial charge >= 0.3 is 0 Å². The summed E-state index contributed by atoms with van der Waals surface area (Å²) in [5, 5.41) is 4.44. The van der Waals surface area contributed by atoms with E-state index in [-0.39, 0.29) is 11.4 Å². The average Bonchev–Trinajstić information content (AvgIpc) is 3.46. The van der Waals surface area contributed by atoms with Crippen LogP contribution in [0.1, 0.15) is 11.1 Å². The van der Waals surface area contributed by atoms with E-state index in [0.717, 1.165) is 44.4 Å². The standard InChI is InChI=1S/C31H26Cl2N4O4S/c32-22-10-9-20(24(33)16-22)17-36-18-21(23-5-1-3-7-26(23)36)15-28-30(39)37(31(40)42-28)19-29(38)34-25-6-2-4-8-27(25)35-11-13-41-14-12-35/h1-10,15-16,18H,11-14,17,19H2,(H,34,38)/b28-15+. The van der Waals surface area contributed by atoms with E-state index in [1.54, 1.807) is 18.2 Å². The van der Waals surface area contributed by atoms with Crippen LogP contribution in [0.4, 0.5) is 16.2 Å². The van der Waals surface area contributed by atoms with Gasteiger partial charge in [-0.15, -0.1) is 0 Å². The van der Waals surface area contributed by atoms with Gasteiger partial charge in [0.2, 0.25) is 5.91 Å². The first-order valence-electron chi connectivity index (χ1n) is 13.4. The summed E-state index contributed by atoms with van der Waals surface area (Å²) in [6.45, 7) is 2.76. The number of hydrogen-bond acceptors (Lipinski definition) is 6. The number of morpholine rings is 1. The van der Waals surface area contributed by atoms with Crippen LogP contribution < -0.4 is 10.2 Å². The van der Waals surface area contributed by atoms with Crippen LogP contribution >= 0.6 is 35.0 Å². The molecule has 1 aromatic heterocycles. The lowest BCUT2D eigenvalue weighted by Crippen LogP contribution is -2.38. The van der Waals surface area contributed by atoms with Gasteiger partial charge in [0, 0.05) is 52.3 Å². The summed E-state index contributed by atoms with van der Waals surface area (Å²) in [5.41, 5.74) is 4.13. The number of carbonyl (C=O) groups excluding carboxylic acids is 3. The first kappa shape index (κ1) is 28.4. The summed E-state index contributed by atoms with van der Waals surface area (Å²) in [7, 11) is 0. The Morgan fingerprint density at radius 3 is 2.57 bits per heavy atom. The minimum absolute atomic E-state index is 0.258. The fourth-order valence-corrected chi connectivity index (χ4v) is 6.42. The Morgan fingerprint density at radius 1 is 1.00 bits per heavy atom. The number of thioether (sulfide) groups is 1. The highest BCUT2D eigenvalue weighted by molar-refractivity contribution is 8.18. The third-order valence-corrected chi connectivity index (χ3v) is 8.66. The van der Waals surface area contributed by atoms with Gasteiger partial charge in [0.05, 0.1) is 29.5 Å². The molecule has 8 nitrogen and oxygen atoms in total. The number of aromatic nitrogens is 1. The lowest BCUT2D eigenvalue weighted by molar-refractivity contribution is -0.127. The molecule has 4 aromatic rings. The topological polar surface area (TPSA) is 83.9 Å². The van der Waals surface area contributed by atoms with Crippen LogP contribution in [0, 0.1) is 0 Å². The van der Waals surface area contributed by atoms with Gasteiger partial charge in [0.1, 0.15) is 6.54 Å². The van der Waals surface area contributed by atoms with Crippen molar-refractivity contribution in [1.82, 2.24) is 9.47 Å². The molecule has 0 bridgehead atoms. The van der Waals surface area contributed by atoms with Crippen LogP contribution in [-0.4, -0.2) is 59.4 Å². The molecule has 2 saturated heterocycles. The summed E-state index contributed by atoms with van der Waals surface area (Å²) < 4.78 is 7.48. The molecule has 3 aromatic carbocycles. The Bertz CT molecular complexity index is 1730. The molecule has 0 aliphatic carbocycles. The van der Waals surface area contributed by atoms with E-state index in [2.05, 4.69) is 10.2 Å². The molecule has 0 atom stereocenters. The summed E-state index contributed by atoms with van der Waals surface area (Å²) in [4.78, 5) is 42.6. The Hall–Kier alpha value is -3.76. The normalized spacial score (nSPS) is 16.6. The summed E-state index contributed by atoms with van der Waals surface area (Å²) in [6.07, 6.45) is 3.64. The van der Waals surface area contributed by atoms with Gasteiger partial charge in [0.15, 0.2) is 0 Å². The van der Waals surface area contributed by atoms with E-state index in [9.17, 15) is 14.4 Å². The number of carbonyl (C=O) groups is 3. The number of ether oxygens (including phenoxy) is 1. The summed E-state index contributed by atoms with van der Waals surface area (Å²) in [6, 6.07) is 20.7. The van der Waals surface area contributed by atoms with Gasteiger partial charge < -0.3 is 19.5 Å². The number of hydrogen-bond donors (Lipinski definition) is 1. The number of amides is 3. The second-order valence-electron chi connectivity index (χ2n) is 9.90. The maximum absolute atomic E-state index is 13.3. The molecule has 11 heteroatoms. The van der Waals surface area contributed by atoms with Gasteiger partial charge in [-0.3, -0.25) is 19.3 Å². The molecular weight excluding hydrogens is 595 g/mol. The lowest BCUT2D eigenvalue weighted by atomic mass is 10.1. The van der Waals surface area contributed by atoms with Gasteiger partial charge in [-0.1, -0.05) is 59.6 Å². The molecule has 214 valence electrons. The van der Waals surface area contributed by atoms with Crippen molar-refractivity contribution >= 4 is 80.4 Å². The Kier molecular flexibility index (Phi) is 8.26. The SMILES string of the molecule is O=C(CN1C(=O)S/C(=C/c2cn(Cc3ccc(Cl)cc3Cl)c3ccccc23)C1=O)Nc1ccccc1N1CCOCC1. The number of nitrogens with zero attached hydrogens (tertiary/aromatic N) is 3. The molecule has 0 radical (unpaired) electrons. The fraction of sp³-hybridized carbons (Fsp3) is 0.194. The van der Waals surface area contributed by atoms with Crippen molar-refractivity contribution in [3.05, 3.63) is 99.0 Å². The minimum Gasteiger partial charge on any atom is -0.378 e. The minimum atomic E-state index is -0.501. The van der Waals surface area contributed by atoms with E-state index in [4.69, 9.17) is 27.9 Å². The van der Waals surface area contributed by atoms with Crippen molar-refractivity contribution in [3.8, 4) is 0 Å².